The molecule has 2 N–H and O–H groups in total. The number of sulfonamides is 1. The monoisotopic (exact) mass is 364 g/mol. The first-order chi connectivity index (χ1) is 8.99. The first kappa shape index (κ1) is 14.4. The number of hydrogen-bond donors (Lipinski definition) is 2. The molecule has 0 spiro atoms. The van der Waals surface area contributed by atoms with Crippen LogP contribution < -0.4 is 4.72 Å². The van der Waals surface area contributed by atoms with Crippen LogP contribution in [-0.4, -0.2) is 29.9 Å². The molecule has 0 saturated heterocycles. The van der Waals surface area contributed by atoms with E-state index in [4.69, 9.17) is 11.6 Å². The van der Waals surface area contributed by atoms with Crippen LogP contribution in [0.25, 0.3) is 0 Å². The standard InChI is InChI=1S/C10H10BrClN4O2S/c11-7-5-8(10(12)15-6-7)19(17,18)16-2-1-9-13-3-4-14-9/h3-6,16H,1-2H2,(H,13,14). The maximum absolute atomic E-state index is 12.0. The zero-order valence-electron chi connectivity index (χ0n) is 9.60. The number of halogens is 2. The third kappa shape index (κ3) is 3.75. The lowest BCUT2D eigenvalue weighted by atomic mass is 10.4. The lowest BCUT2D eigenvalue weighted by molar-refractivity contribution is 0.580. The average Bonchev–Trinajstić information content (AvgIpc) is 2.85. The first-order valence-corrected chi connectivity index (χ1v) is 7.93. The maximum Gasteiger partial charge on any atom is 0.243 e. The molecule has 0 atom stereocenters. The summed E-state index contributed by atoms with van der Waals surface area (Å²) in [6.45, 7) is 0.221. The summed E-state index contributed by atoms with van der Waals surface area (Å²) >= 11 is 8.95. The van der Waals surface area contributed by atoms with Crippen molar-refractivity contribution in [3.8, 4) is 0 Å². The molecular weight excluding hydrogens is 356 g/mol. The van der Waals surface area contributed by atoms with Gasteiger partial charge in [0.2, 0.25) is 10.0 Å². The highest BCUT2D eigenvalue weighted by Gasteiger charge is 2.18. The summed E-state index contributed by atoms with van der Waals surface area (Å²) in [6.07, 6.45) is 5.19. The fourth-order valence-corrected chi connectivity index (χ4v) is 3.38. The zero-order valence-corrected chi connectivity index (χ0v) is 12.8. The molecule has 0 saturated carbocycles. The molecule has 0 aliphatic carbocycles. The van der Waals surface area contributed by atoms with E-state index in [0.717, 1.165) is 0 Å². The van der Waals surface area contributed by atoms with Gasteiger partial charge in [0.15, 0.2) is 0 Å². The molecule has 2 aromatic rings. The predicted molar refractivity (Wildman–Crippen MR) is 74.4 cm³/mol. The van der Waals surface area contributed by atoms with E-state index >= 15 is 0 Å². The maximum atomic E-state index is 12.0. The average molecular weight is 366 g/mol. The Hall–Kier alpha value is -0.960. The fraction of sp³-hybridized carbons (Fsp3) is 0.200. The van der Waals surface area contributed by atoms with E-state index in [0.29, 0.717) is 16.7 Å². The minimum Gasteiger partial charge on any atom is -0.349 e. The van der Waals surface area contributed by atoms with Gasteiger partial charge in [-0.1, -0.05) is 11.6 Å². The molecule has 6 nitrogen and oxygen atoms in total. The highest BCUT2D eigenvalue weighted by Crippen LogP contribution is 2.22. The molecule has 102 valence electrons. The minimum atomic E-state index is -3.68. The Morgan fingerprint density at radius 2 is 2.21 bits per heavy atom. The largest absolute Gasteiger partial charge is 0.349 e. The lowest BCUT2D eigenvalue weighted by Gasteiger charge is -2.07. The van der Waals surface area contributed by atoms with Gasteiger partial charge in [0, 0.05) is 36.0 Å². The van der Waals surface area contributed by atoms with Gasteiger partial charge in [0.1, 0.15) is 15.9 Å². The van der Waals surface area contributed by atoms with Gasteiger partial charge in [-0.25, -0.2) is 23.1 Å². The van der Waals surface area contributed by atoms with Crippen LogP contribution in [0.5, 0.6) is 0 Å². The topological polar surface area (TPSA) is 87.7 Å². The quantitative estimate of drug-likeness (QED) is 0.790. The van der Waals surface area contributed by atoms with Crippen LogP contribution in [0, 0.1) is 0 Å². The number of H-pyrrole nitrogens is 1. The van der Waals surface area contributed by atoms with Crippen molar-refractivity contribution in [1.29, 1.82) is 0 Å². The molecule has 0 fully saturated rings. The third-order valence-electron chi connectivity index (χ3n) is 2.27. The fourth-order valence-electron chi connectivity index (χ4n) is 1.41. The van der Waals surface area contributed by atoms with E-state index < -0.39 is 10.0 Å². The molecule has 2 aromatic heterocycles. The van der Waals surface area contributed by atoms with Gasteiger partial charge in [-0.05, 0) is 22.0 Å². The molecule has 0 bridgehead atoms. The number of aromatic nitrogens is 3. The number of hydrogen-bond acceptors (Lipinski definition) is 4. The summed E-state index contributed by atoms with van der Waals surface area (Å²) in [7, 11) is -3.68. The molecule has 0 amide bonds. The number of rotatable bonds is 5. The Kier molecular flexibility index (Phi) is 4.56. The van der Waals surface area contributed by atoms with Crippen LogP contribution in [0.15, 0.2) is 34.0 Å². The molecule has 0 radical (unpaired) electrons. The Bertz CT molecular complexity index is 660. The van der Waals surface area contributed by atoms with Crippen LogP contribution in [0.3, 0.4) is 0 Å². The van der Waals surface area contributed by atoms with Gasteiger partial charge < -0.3 is 4.98 Å². The molecule has 2 rings (SSSR count). The van der Waals surface area contributed by atoms with Crippen molar-refractivity contribution in [2.45, 2.75) is 11.3 Å². The second-order valence-electron chi connectivity index (χ2n) is 3.63. The molecular formula is C10H10BrClN4O2S. The van der Waals surface area contributed by atoms with Gasteiger partial charge in [-0.3, -0.25) is 0 Å². The summed E-state index contributed by atoms with van der Waals surface area (Å²) in [6, 6.07) is 1.41. The van der Waals surface area contributed by atoms with E-state index in [9.17, 15) is 8.42 Å². The number of nitrogens with zero attached hydrogens (tertiary/aromatic N) is 2. The Balaban J connectivity index is 2.07. The molecule has 0 aromatic carbocycles. The minimum absolute atomic E-state index is 0.0528. The van der Waals surface area contributed by atoms with E-state index in [2.05, 4.69) is 35.6 Å². The van der Waals surface area contributed by atoms with E-state index in [1.165, 1.54) is 12.3 Å². The second kappa shape index (κ2) is 6.00. The molecule has 19 heavy (non-hydrogen) atoms. The van der Waals surface area contributed by atoms with Crippen molar-refractivity contribution in [2.24, 2.45) is 0 Å². The summed E-state index contributed by atoms with van der Waals surface area (Å²) in [4.78, 5) is 10.6. The van der Waals surface area contributed by atoms with E-state index in [1.54, 1.807) is 12.4 Å². The van der Waals surface area contributed by atoms with Crippen molar-refractivity contribution in [1.82, 2.24) is 19.7 Å². The summed E-state index contributed by atoms with van der Waals surface area (Å²) in [5, 5.41) is -0.0614. The summed E-state index contributed by atoms with van der Waals surface area (Å²) in [5.41, 5.74) is 0. The number of imidazole rings is 1. The first-order valence-electron chi connectivity index (χ1n) is 5.28. The van der Waals surface area contributed by atoms with Crippen LogP contribution in [-0.2, 0) is 16.4 Å². The summed E-state index contributed by atoms with van der Waals surface area (Å²) < 4.78 is 27.1. The number of aromatic amines is 1. The van der Waals surface area contributed by atoms with Crippen LogP contribution in [0.2, 0.25) is 5.15 Å². The normalized spacial score (nSPS) is 11.7. The smallest absolute Gasteiger partial charge is 0.243 e. The van der Waals surface area contributed by atoms with Crippen molar-refractivity contribution < 1.29 is 8.42 Å². The highest BCUT2D eigenvalue weighted by atomic mass is 79.9. The molecule has 2 heterocycles. The van der Waals surface area contributed by atoms with Crippen molar-refractivity contribution in [3.63, 3.8) is 0 Å². The predicted octanol–water partition coefficient (Wildman–Crippen LogP) is 1.74. The van der Waals surface area contributed by atoms with E-state index in [1.807, 2.05) is 0 Å². The molecule has 0 aliphatic heterocycles. The van der Waals surface area contributed by atoms with Gasteiger partial charge in [-0.2, -0.15) is 0 Å². The van der Waals surface area contributed by atoms with Crippen molar-refractivity contribution in [3.05, 3.63) is 40.1 Å². The molecule has 9 heteroatoms. The van der Waals surface area contributed by atoms with Gasteiger partial charge in [-0.15, -0.1) is 0 Å². The van der Waals surface area contributed by atoms with Crippen LogP contribution >= 0.6 is 27.5 Å². The Labute approximate surface area is 123 Å². The van der Waals surface area contributed by atoms with Crippen LogP contribution in [0.1, 0.15) is 5.82 Å². The van der Waals surface area contributed by atoms with Crippen molar-refractivity contribution >= 4 is 37.6 Å². The number of nitrogens with one attached hydrogen (secondary N) is 2. The third-order valence-corrected chi connectivity index (χ3v) is 4.59. The second-order valence-corrected chi connectivity index (χ2v) is 6.64. The van der Waals surface area contributed by atoms with Gasteiger partial charge in [0.05, 0.1) is 0 Å². The summed E-state index contributed by atoms with van der Waals surface area (Å²) in [5.74, 6) is 0.709. The van der Waals surface area contributed by atoms with Gasteiger partial charge >= 0.3 is 0 Å². The Morgan fingerprint density at radius 1 is 1.42 bits per heavy atom. The SMILES string of the molecule is O=S(=O)(NCCc1ncc[nH]1)c1cc(Br)cnc1Cl. The van der Waals surface area contributed by atoms with E-state index in [-0.39, 0.29) is 16.6 Å². The van der Waals surface area contributed by atoms with Crippen LogP contribution in [0.4, 0.5) is 0 Å². The lowest BCUT2D eigenvalue weighted by Crippen LogP contribution is -2.26. The highest BCUT2D eigenvalue weighted by molar-refractivity contribution is 9.10. The Morgan fingerprint density at radius 3 is 2.89 bits per heavy atom. The zero-order chi connectivity index (χ0) is 13.9. The molecule has 0 aliphatic rings. The molecule has 0 unspecified atom stereocenters. The van der Waals surface area contributed by atoms with Crippen molar-refractivity contribution in [2.75, 3.05) is 6.54 Å². The van der Waals surface area contributed by atoms with Gasteiger partial charge in [0.25, 0.3) is 0 Å². The number of pyridine rings is 1.